The van der Waals surface area contributed by atoms with E-state index in [4.69, 9.17) is 5.11 Å². The average Bonchev–Trinajstić information content (AvgIpc) is 2.84. The predicted octanol–water partition coefficient (Wildman–Crippen LogP) is 2.35. The largest absolute Gasteiger partial charge is 0.478 e. The number of benzene rings is 1. The maximum absolute atomic E-state index is 13.2. The van der Waals surface area contributed by atoms with E-state index in [1.807, 2.05) is 17.7 Å². The highest BCUT2D eigenvalue weighted by molar-refractivity contribution is 5.89. The van der Waals surface area contributed by atoms with Crippen LogP contribution in [-0.4, -0.2) is 20.9 Å². The molecule has 6 heteroatoms. The van der Waals surface area contributed by atoms with Crippen LogP contribution in [0.2, 0.25) is 0 Å². The van der Waals surface area contributed by atoms with Crippen LogP contribution in [0.4, 0.5) is 10.1 Å². The molecule has 19 heavy (non-hydrogen) atoms. The first-order chi connectivity index (χ1) is 9.11. The van der Waals surface area contributed by atoms with E-state index in [-0.39, 0.29) is 5.56 Å². The van der Waals surface area contributed by atoms with Gasteiger partial charge in [-0.05, 0) is 31.2 Å². The maximum atomic E-state index is 13.2. The number of rotatable bonds is 5. The van der Waals surface area contributed by atoms with Gasteiger partial charge in [0, 0.05) is 18.4 Å². The van der Waals surface area contributed by atoms with Crippen LogP contribution in [0.1, 0.15) is 23.0 Å². The Morgan fingerprint density at radius 2 is 2.26 bits per heavy atom. The average molecular weight is 263 g/mol. The highest BCUT2D eigenvalue weighted by Gasteiger charge is 2.10. The molecule has 0 amide bonds. The summed E-state index contributed by atoms with van der Waals surface area (Å²) in [5, 5.41) is 16.0. The second-order valence-corrected chi connectivity index (χ2v) is 3.99. The minimum absolute atomic E-state index is 0.339. The maximum Gasteiger partial charge on any atom is 0.338 e. The van der Waals surface area contributed by atoms with Crippen molar-refractivity contribution in [3.8, 4) is 0 Å². The van der Waals surface area contributed by atoms with Gasteiger partial charge in [0.1, 0.15) is 5.82 Å². The van der Waals surface area contributed by atoms with Crippen molar-refractivity contribution >= 4 is 11.7 Å². The first-order valence-electron chi connectivity index (χ1n) is 5.89. The van der Waals surface area contributed by atoms with Crippen molar-refractivity contribution in [2.24, 2.45) is 0 Å². The minimum atomic E-state index is -1.28. The molecular formula is C13H14FN3O2. The fourth-order valence-electron chi connectivity index (χ4n) is 1.79. The molecule has 0 bridgehead atoms. The molecule has 0 saturated heterocycles. The molecule has 5 nitrogen and oxygen atoms in total. The molecule has 1 aromatic heterocycles. The van der Waals surface area contributed by atoms with Gasteiger partial charge in [0.25, 0.3) is 0 Å². The van der Waals surface area contributed by atoms with Crippen molar-refractivity contribution in [2.75, 3.05) is 5.32 Å². The molecule has 0 radical (unpaired) electrons. The second kappa shape index (κ2) is 5.51. The van der Waals surface area contributed by atoms with Gasteiger partial charge in [-0.25, -0.2) is 9.18 Å². The first-order valence-corrected chi connectivity index (χ1v) is 5.89. The monoisotopic (exact) mass is 263 g/mol. The zero-order valence-electron chi connectivity index (χ0n) is 10.4. The SMILES string of the molecule is CCn1nccc1CNc1ccc(F)c(C(=O)O)c1. The van der Waals surface area contributed by atoms with Crippen molar-refractivity contribution in [3.63, 3.8) is 0 Å². The highest BCUT2D eigenvalue weighted by atomic mass is 19.1. The van der Waals surface area contributed by atoms with Crippen molar-refractivity contribution in [2.45, 2.75) is 20.0 Å². The zero-order chi connectivity index (χ0) is 13.8. The Morgan fingerprint density at radius 3 is 2.95 bits per heavy atom. The van der Waals surface area contributed by atoms with Crippen LogP contribution in [0.3, 0.4) is 0 Å². The Bertz CT molecular complexity index is 595. The van der Waals surface area contributed by atoms with Gasteiger partial charge in [-0.15, -0.1) is 0 Å². The molecule has 0 aliphatic carbocycles. The summed E-state index contributed by atoms with van der Waals surface area (Å²) in [4.78, 5) is 10.8. The number of hydrogen-bond donors (Lipinski definition) is 2. The third kappa shape index (κ3) is 2.90. The lowest BCUT2D eigenvalue weighted by Gasteiger charge is -2.09. The summed E-state index contributed by atoms with van der Waals surface area (Å²) in [6.45, 7) is 3.24. The number of carbonyl (C=O) groups is 1. The van der Waals surface area contributed by atoms with Crippen molar-refractivity contribution < 1.29 is 14.3 Å². The van der Waals surface area contributed by atoms with Gasteiger partial charge < -0.3 is 10.4 Å². The Balaban J connectivity index is 2.12. The van der Waals surface area contributed by atoms with Gasteiger partial charge in [-0.3, -0.25) is 4.68 Å². The molecule has 0 saturated carbocycles. The lowest BCUT2D eigenvalue weighted by molar-refractivity contribution is 0.0692. The van der Waals surface area contributed by atoms with Gasteiger partial charge in [0.2, 0.25) is 0 Å². The fraction of sp³-hybridized carbons (Fsp3) is 0.231. The molecule has 2 N–H and O–H groups in total. The summed E-state index contributed by atoms with van der Waals surface area (Å²) in [6.07, 6.45) is 1.70. The fourth-order valence-corrected chi connectivity index (χ4v) is 1.79. The van der Waals surface area contributed by atoms with Crippen LogP contribution < -0.4 is 5.32 Å². The lowest BCUT2D eigenvalue weighted by Crippen LogP contribution is -2.09. The first kappa shape index (κ1) is 13.1. The van der Waals surface area contributed by atoms with Crippen LogP contribution in [-0.2, 0) is 13.1 Å². The molecule has 1 aromatic carbocycles. The number of aryl methyl sites for hydroxylation is 1. The highest BCUT2D eigenvalue weighted by Crippen LogP contribution is 2.15. The minimum Gasteiger partial charge on any atom is -0.478 e. The van der Waals surface area contributed by atoms with Gasteiger partial charge in [-0.1, -0.05) is 0 Å². The normalized spacial score (nSPS) is 10.4. The van der Waals surface area contributed by atoms with Crippen LogP contribution in [0.15, 0.2) is 30.5 Å². The van der Waals surface area contributed by atoms with Crippen LogP contribution in [0.25, 0.3) is 0 Å². The van der Waals surface area contributed by atoms with Crippen molar-refractivity contribution in [1.29, 1.82) is 0 Å². The van der Waals surface area contributed by atoms with Crippen LogP contribution in [0, 0.1) is 5.82 Å². The lowest BCUT2D eigenvalue weighted by atomic mass is 10.2. The summed E-state index contributed by atoms with van der Waals surface area (Å²) in [7, 11) is 0. The van der Waals surface area contributed by atoms with Crippen LogP contribution >= 0.6 is 0 Å². The molecule has 0 aliphatic heterocycles. The van der Waals surface area contributed by atoms with E-state index in [2.05, 4.69) is 10.4 Å². The van der Waals surface area contributed by atoms with Crippen LogP contribution in [0.5, 0.6) is 0 Å². The van der Waals surface area contributed by atoms with E-state index >= 15 is 0 Å². The molecule has 2 rings (SSSR count). The number of carboxylic acid groups (broad SMARTS) is 1. The number of carboxylic acids is 1. The summed E-state index contributed by atoms with van der Waals surface area (Å²) in [5.74, 6) is -2.02. The Kier molecular flexibility index (Phi) is 3.79. The zero-order valence-corrected chi connectivity index (χ0v) is 10.4. The van der Waals surface area contributed by atoms with E-state index in [9.17, 15) is 9.18 Å². The third-order valence-corrected chi connectivity index (χ3v) is 2.77. The second-order valence-electron chi connectivity index (χ2n) is 3.99. The molecule has 2 aromatic rings. The number of anilines is 1. The van der Waals surface area contributed by atoms with E-state index in [0.29, 0.717) is 12.2 Å². The van der Waals surface area contributed by atoms with Gasteiger partial charge >= 0.3 is 5.97 Å². The van der Waals surface area contributed by atoms with Gasteiger partial charge in [-0.2, -0.15) is 5.10 Å². The number of nitrogens with one attached hydrogen (secondary N) is 1. The van der Waals surface area contributed by atoms with E-state index in [1.54, 1.807) is 6.20 Å². The summed E-state index contributed by atoms with van der Waals surface area (Å²) in [5.41, 5.74) is 1.19. The van der Waals surface area contributed by atoms with Crippen molar-refractivity contribution in [3.05, 3.63) is 47.5 Å². The number of aromatic nitrogens is 2. The quantitative estimate of drug-likeness (QED) is 0.869. The Labute approximate surface area is 109 Å². The molecule has 0 fully saturated rings. The Hall–Kier alpha value is -2.37. The summed E-state index contributed by atoms with van der Waals surface area (Å²) < 4.78 is 15.1. The van der Waals surface area contributed by atoms with Gasteiger partial charge in [0.15, 0.2) is 0 Å². The molecule has 0 aliphatic rings. The van der Waals surface area contributed by atoms with E-state index < -0.39 is 11.8 Å². The van der Waals surface area contributed by atoms with E-state index in [1.165, 1.54) is 12.1 Å². The predicted molar refractivity (Wildman–Crippen MR) is 68.6 cm³/mol. The van der Waals surface area contributed by atoms with E-state index in [0.717, 1.165) is 18.3 Å². The number of hydrogen-bond acceptors (Lipinski definition) is 3. The van der Waals surface area contributed by atoms with Crippen molar-refractivity contribution in [1.82, 2.24) is 9.78 Å². The molecule has 100 valence electrons. The standard InChI is InChI=1S/C13H14FN3O2/c1-2-17-10(5-6-16-17)8-15-9-3-4-12(14)11(7-9)13(18)19/h3-7,15H,2,8H2,1H3,(H,18,19). The Morgan fingerprint density at radius 1 is 1.47 bits per heavy atom. The molecule has 0 unspecified atom stereocenters. The molecular weight excluding hydrogens is 249 g/mol. The topological polar surface area (TPSA) is 67.2 Å². The summed E-state index contributed by atoms with van der Waals surface area (Å²) in [6, 6.07) is 5.81. The molecule has 0 atom stereocenters. The molecule has 0 spiro atoms. The van der Waals surface area contributed by atoms with Gasteiger partial charge in [0.05, 0.1) is 17.8 Å². The smallest absolute Gasteiger partial charge is 0.338 e. The number of halogens is 1. The third-order valence-electron chi connectivity index (χ3n) is 2.77. The molecule has 1 heterocycles. The summed E-state index contributed by atoms with van der Waals surface area (Å²) >= 11 is 0. The number of aromatic carboxylic acids is 1. The number of nitrogens with zero attached hydrogens (tertiary/aromatic N) is 2.